The van der Waals surface area contributed by atoms with E-state index in [-0.39, 0.29) is 33.6 Å². The molecular formula is C15H19Cl2NO2. The molecule has 4 unspecified atom stereocenters. The minimum absolute atomic E-state index is 0.0449. The third kappa shape index (κ3) is 2.58. The molecule has 2 rings (SSSR count). The maximum atomic E-state index is 12.1. The predicted molar refractivity (Wildman–Crippen MR) is 81.6 cm³/mol. The molecule has 110 valence electrons. The van der Waals surface area contributed by atoms with Gasteiger partial charge in [-0.3, -0.25) is 14.6 Å². The summed E-state index contributed by atoms with van der Waals surface area (Å²) in [4.78, 5) is 27.6. The van der Waals surface area contributed by atoms with Crippen LogP contribution in [0.5, 0.6) is 0 Å². The number of hydrogen-bond acceptors (Lipinski definition) is 3. The van der Waals surface area contributed by atoms with Gasteiger partial charge in [0.2, 0.25) is 0 Å². The zero-order valence-corrected chi connectivity index (χ0v) is 13.5. The first-order chi connectivity index (χ1) is 9.38. The van der Waals surface area contributed by atoms with E-state index in [0.29, 0.717) is 17.4 Å². The van der Waals surface area contributed by atoms with Crippen molar-refractivity contribution in [1.82, 2.24) is 0 Å². The van der Waals surface area contributed by atoms with Crippen LogP contribution in [0.2, 0.25) is 0 Å². The second kappa shape index (κ2) is 5.98. The topological polar surface area (TPSA) is 46.5 Å². The number of fused-ring (bicyclic) bond motifs is 2. The van der Waals surface area contributed by atoms with Crippen LogP contribution in [0.1, 0.15) is 33.1 Å². The number of carbonyl (C=O) groups excluding carboxylic acids is 2. The second-order valence-corrected chi connectivity index (χ2v) is 6.60. The van der Waals surface area contributed by atoms with E-state index in [2.05, 4.69) is 4.99 Å². The van der Waals surface area contributed by atoms with Gasteiger partial charge < -0.3 is 0 Å². The van der Waals surface area contributed by atoms with Crippen molar-refractivity contribution in [2.24, 2.45) is 22.7 Å². The molecule has 4 atom stereocenters. The van der Waals surface area contributed by atoms with E-state index >= 15 is 0 Å². The van der Waals surface area contributed by atoms with Crippen LogP contribution < -0.4 is 0 Å². The monoisotopic (exact) mass is 315 g/mol. The Kier molecular flexibility index (Phi) is 4.70. The second-order valence-electron chi connectivity index (χ2n) is 5.72. The number of hydrogen-bond donors (Lipinski definition) is 0. The van der Waals surface area contributed by atoms with Gasteiger partial charge >= 0.3 is 0 Å². The van der Waals surface area contributed by atoms with Crippen LogP contribution in [0, 0.1) is 17.8 Å². The van der Waals surface area contributed by atoms with Crippen molar-refractivity contribution < 1.29 is 9.59 Å². The van der Waals surface area contributed by atoms with Crippen LogP contribution in [-0.2, 0) is 9.59 Å². The smallest absolute Gasteiger partial charge is 0.179 e. The van der Waals surface area contributed by atoms with Gasteiger partial charge in [0.05, 0.1) is 5.03 Å². The molecule has 0 aromatic carbocycles. The van der Waals surface area contributed by atoms with Crippen LogP contribution in [0.4, 0.5) is 0 Å². The number of ketones is 2. The average molecular weight is 316 g/mol. The molecule has 0 radical (unpaired) electrons. The van der Waals surface area contributed by atoms with Crippen molar-refractivity contribution in [3.63, 3.8) is 0 Å². The summed E-state index contributed by atoms with van der Waals surface area (Å²) in [7, 11) is 1.51. The molecule has 5 heteroatoms. The molecule has 2 fully saturated rings. The molecule has 2 aliphatic rings. The summed E-state index contributed by atoms with van der Waals surface area (Å²) in [6, 6.07) is 0. The highest BCUT2D eigenvalue weighted by atomic mass is 35.5. The Balaban J connectivity index is 2.47. The Morgan fingerprint density at radius 2 is 1.70 bits per heavy atom. The lowest BCUT2D eigenvalue weighted by Gasteiger charge is -2.28. The Morgan fingerprint density at radius 1 is 1.10 bits per heavy atom. The fraction of sp³-hybridized carbons (Fsp3) is 0.667. The highest BCUT2D eigenvalue weighted by Gasteiger charge is 2.49. The van der Waals surface area contributed by atoms with Crippen LogP contribution >= 0.6 is 23.2 Å². The number of alkyl halides is 1. The quantitative estimate of drug-likeness (QED) is 0.453. The Labute approximate surface area is 129 Å². The van der Waals surface area contributed by atoms with Gasteiger partial charge in [-0.15, -0.1) is 11.6 Å². The summed E-state index contributed by atoms with van der Waals surface area (Å²) < 4.78 is 0. The minimum Gasteiger partial charge on any atom is -0.295 e. The third-order valence-electron chi connectivity index (χ3n) is 4.53. The highest BCUT2D eigenvalue weighted by molar-refractivity contribution is 6.60. The summed E-state index contributed by atoms with van der Waals surface area (Å²) in [5, 5.41) is 0.127. The fourth-order valence-corrected chi connectivity index (χ4v) is 4.73. The molecule has 0 amide bonds. The van der Waals surface area contributed by atoms with Gasteiger partial charge in [0, 0.05) is 30.8 Å². The lowest BCUT2D eigenvalue weighted by Crippen LogP contribution is -2.29. The van der Waals surface area contributed by atoms with Gasteiger partial charge in [0.25, 0.3) is 0 Å². The van der Waals surface area contributed by atoms with Crippen LogP contribution in [0.25, 0.3) is 0 Å². The van der Waals surface area contributed by atoms with Crippen molar-refractivity contribution in [2.45, 2.75) is 38.5 Å². The standard InChI is InChI=1S/C15H19Cl2NO2/c1-7(19)11(14(17)15(18-3)8(2)20)12-9-4-5-10(6-9)13(12)16/h9-10,12-13H,4-6H2,1-3H3/b14-11-,18-15?. The van der Waals surface area contributed by atoms with E-state index in [9.17, 15) is 9.59 Å². The van der Waals surface area contributed by atoms with E-state index in [1.807, 2.05) is 0 Å². The zero-order valence-electron chi connectivity index (χ0n) is 12.0. The summed E-state index contributed by atoms with van der Waals surface area (Å²) in [6.07, 6.45) is 3.26. The van der Waals surface area contributed by atoms with Gasteiger partial charge in [-0.1, -0.05) is 11.6 Å². The number of carbonyl (C=O) groups is 2. The van der Waals surface area contributed by atoms with E-state index < -0.39 is 0 Å². The molecule has 0 saturated heterocycles. The normalized spacial score (nSPS) is 34.1. The maximum absolute atomic E-state index is 12.1. The van der Waals surface area contributed by atoms with Gasteiger partial charge in [0.1, 0.15) is 5.71 Å². The summed E-state index contributed by atoms with van der Waals surface area (Å²) in [5.74, 6) is 0.479. The van der Waals surface area contributed by atoms with Crippen molar-refractivity contribution in [3.8, 4) is 0 Å². The van der Waals surface area contributed by atoms with E-state index in [0.717, 1.165) is 19.3 Å². The molecule has 20 heavy (non-hydrogen) atoms. The lowest BCUT2D eigenvalue weighted by molar-refractivity contribution is -0.114. The molecule has 2 bridgehead atoms. The first-order valence-electron chi connectivity index (χ1n) is 6.91. The molecule has 0 heterocycles. The maximum Gasteiger partial charge on any atom is 0.179 e. The lowest BCUT2D eigenvalue weighted by atomic mass is 9.80. The first kappa shape index (κ1) is 15.7. The largest absolute Gasteiger partial charge is 0.295 e. The Morgan fingerprint density at radius 3 is 2.10 bits per heavy atom. The number of rotatable bonds is 4. The van der Waals surface area contributed by atoms with Gasteiger partial charge in [0.15, 0.2) is 11.6 Å². The van der Waals surface area contributed by atoms with Crippen LogP contribution in [0.15, 0.2) is 15.6 Å². The molecule has 3 nitrogen and oxygen atoms in total. The number of nitrogens with zero attached hydrogens (tertiary/aromatic N) is 1. The molecule has 0 spiro atoms. The Hall–Kier alpha value is -0.670. The molecule has 0 N–H and O–H groups in total. The summed E-state index contributed by atoms with van der Waals surface area (Å²) in [5.41, 5.74) is 0.665. The number of halogens is 2. The van der Waals surface area contributed by atoms with Gasteiger partial charge in [-0.05, 0) is 38.0 Å². The van der Waals surface area contributed by atoms with Crippen molar-refractivity contribution >= 4 is 40.5 Å². The van der Waals surface area contributed by atoms with Gasteiger partial charge in [-0.2, -0.15) is 0 Å². The predicted octanol–water partition coefficient (Wildman–Crippen LogP) is 3.38. The molecule has 0 aromatic rings. The molecule has 0 aromatic heterocycles. The van der Waals surface area contributed by atoms with Crippen molar-refractivity contribution in [2.75, 3.05) is 7.05 Å². The zero-order chi connectivity index (χ0) is 15.0. The van der Waals surface area contributed by atoms with Crippen molar-refractivity contribution in [1.29, 1.82) is 0 Å². The number of Topliss-reactive ketones (excluding diaryl/α,β-unsaturated/α-hetero) is 2. The Bertz CT molecular complexity index is 508. The first-order valence-corrected chi connectivity index (χ1v) is 7.72. The van der Waals surface area contributed by atoms with E-state index in [1.54, 1.807) is 0 Å². The highest BCUT2D eigenvalue weighted by Crippen LogP contribution is 2.54. The SMILES string of the molecule is CN=C(C(C)=O)/C(Cl)=C(\C(C)=O)C1C2CCC(C2)C1Cl. The number of aliphatic imine (C=N–C) groups is 1. The average Bonchev–Trinajstić information content (AvgIpc) is 2.92. The van der Waals surface area contributed by atoms with Gasteiger partial charge in [-0.25, -0.2) is 0 Å². The molecular weight excluding hydrogens is 297 g/mol. The fourth-order valence-electron chi connectivity index (χ4n) is 3.69. The van der Waals surface area contributed by atoms with Crippen LogP contribution in [0.3, 0.4) is 0 Å². The third-order valence-corrected chi connectivity index (χ3v) is 5.54. The molecule has 2 aliphatic carbocycles. The number of allylic oxidation sites excluding steroid dienone is 2. The van der Waals surface area contributed by atoms with E-state index in [1.165, 1.54) is 20.9 Å². The molecule has 0 aliphatic heterocycles. The minimum atomic E-state index is -0.231. The van der Waals surface area contributed by atoms with E-state index in [4.69, 9.17) is 23.2 Å². The van der Waals surface area contributed by atoms with Crippen molar-refractivity contribution in [3.05, 3.63) is 10.6 Å². The molecule has 2 saturated carbocycles. The summed E-state index contributed by atoms with van der Waals surface area (Å²) in [6.45, 7) is 2.89. The van der Waals surface area contributed by atoms with Crippen LogP contribution in [-0.4, -0.2) is 29.7 Å². The summed E-state index contributed by atoms with van der Waals surface area (Å²) >= 11 is 12.8.